The summed E-state index contributed by atoms with van der Waals surface area (Å²) in [5.41, 5.74) is 0. The molecule has 0 amide bonds. The molecule has 2 atom stereocenters. The molecule has 1 saturated carbocycles. The third-order valence-corrected chi connectivity index (χ3v) is 5.91. The van der Waals surface area contributed by atoms with Crippen LogP contribution in [0.2, 0.25) is 0 Å². The highest BCUT2D eigenvalue weighted by molar-refractivity contribution is 9.10. The Morgan fingerprint density at radius 1 is 1.33 bits per heavy atom. The Hall–Kier alpha value is 0.660. The zero-order valence-corrected chi connectivity index (χ0v) is 12.7. The monoisotopic (exact) mass is 350 g/mol. The van der Waals surface area contributed by atoms with Gasteiger partial charge in [0.15, 0.2) is 0 Å². The molecule has 0 aliphatic heterocycles. The summed E-state index contributed by atoms with van der Waals surface area (Å²) in [5, 5.41) is 2.18. The van der Waals surface area contributed by atoms with Crippen LogP contribution in [0.3, 0.4) is 0 Å². The lowest BCUT2D eigenvalue weighted by Crippen LogP contribution is -2.07. The van der Waals surface area contributed by atoms with Crippen LogP contribution < -0.4 is 0 Å². The lowest BCUT2D eigenvalue weighted by molar-refractivity contribution is 0.466. The Kier molecular flexibility index (Phi) is 4.71. The first-order chi connectivity index (χ1) is 7.25. The van der Waals surface area contributed by atoms with E-state index in [4.69, 9.17) is 0 Å². The van der Waals surface area contributed by atoms with E-state index in [1.54, 1.807) is 0 Å². The maximum absolute atomic E-state index is 3.79. The fourth-order valence-electron chi connectivity index (χ4n) is 2.31. The molecular weight excluding hydrogens is 336 g/mol. The minimum absolute atomic E-state index is 0.753. The first-order valence-electron chi connectivity index (χ1n) is 5.61. The predicted molar refractivity (Wildman–Crippen MR) is 75.0 cm³/mol. The van der Waals surface area contributed by atoms with Gasteiger partial charge in [-0.15, -0.1) is 11.3 Å². The molecule has 84 valence electrons. The van der Waals surface area contributed by atoms with Crippen molar-refractivity contribution in [2.24, 2.45) is 5.92 Å². The van der Waals surface area contributed by atoms with Crippen LogP contribution in [0, 0.1) is 5.92 Å². The van der Waals surface area contributed by atoms with E-state index in [0.717, 1.165) is 10.7 Å². The van der Waals surface area contributed by atoms with Crippen molar-refractivity contribution in [1.29, 1.82) is 0 Å². The first-order valence-corrected chi connectivity index (χ1v) is 8.20. The molecule has 0 nitrogen and oxygen atoms in total. The van der Waals surface area contributed by atoms with Gasteiger partial charge in [-0.3, -0.25) is 0 Å². The topological polar surface area (TPSA) is 0 Å². The zero-order chi connectivity index (χ0) is 10.7. The van der Waals surface area contributed by atoms with Crippen LogP contribution in [-0.4, -0.2) is 4.83 Å². The van der Waals surface area contributed by atoms with E-state index in [0.29, 0.717) is 0 Å². The Morgan fingerprint density at radius 2 is 2.13 bits per heavy atom. The average Bonchev–Trinajstić information content (AvgIpc) is 2.48. The predicted octanol–water partition coefficient (Wildman–Crippen LogP) is 5.40. The quantitative estimate of drug-likeness (QED) is 0.494. The molecule has 0 aromatic carbocycles. The van der Waals surface area contributed by atoms with Gasteiger partial charge >= 0.3 is 0 Å². The Labute approximate surface area is 113 Å². The molecule has 0 N–H and O–H groups in total. The van der Waals surface area contributed by atoms with Crippen LogP contribution in [0.5, 0.6) is 0 Å². The van der Waals surface area contributed by atoms with Crippen molar-refractivity contribution in [3.05, 3.63) is 20.8 Å². The van der Waals surface area contributed by atoms with Gasteiger partial charge in [0.2, 0.25) is 0 Å². The zero-order valence-electron chi connectivity index (χ0n) is 8.72. The summed E-state index contributed by atoms with van der Waals surface area (Å²) < 4.78 is 1.31. The molecule has 1 aliphatic carbocycles. The first kappa shape index (κ1) is 12.1. The molecule has 1 aliphatic rings. The lowest BCUT2D eigenvalue weighted by atomic mass is 9.96. The van der Waals surface area contributed by atoms with Crippen molar-refractivity contribution in [2.45, 2.75) is 43.4 Å². The molecular formula is C12H16Br2S. The summed E-state index contributed by atoms with van der Waals surface area (Å²) >= 11 is 9.31. The van der Waals surface area contributed by atoms with Gasteiger partial charge in [-0.05, 0) is 52.6 Å². The van der Waals surface area contributed by atoms with E-state index < -0.39 is 0 Å². The normalized spacial score (nSPS) is 27.6. The molecule has 15 heavy (non-hydrogen) atoms. The minimum atomic E-state index is 0.753. The van der Waals surface area contributed by atoms with Gasteiger partial charge in [0.25, 0.3) is 0 Å². The van der Waals surface area contributed by atoms with Crippen molar-refractivity contribution >= 4 is 43.2 Å². The molecule has 0 saturated heterocycles. The van der Waals surface area contributed by atoms with Crippen LogP contribution in [0.1, 0.15) is 37.0 Å². The standard InChI is InChI=1S/C12H16Br2S/c13-10-4-2-1-3-9(7-10)8-12-11(14)5-6-15-12/h5-6,9-10H,1-4,7-8H2. The summed E-state index contributed by atoms with van der Waals surface area (Å²) in [6.07, 6.45) is 8.20. The van der Waals surface area contributed by atoms with Gasteiger partial charge in [0.1, 0.15) is 0 Å². The fourth-order valence-corrected chi connectivity index (χ4v) is 4.80. The van der Waals surface area contributed by atoms with Crippen LogP contribution in [0.25, 0.3) is 0 Å². The van der Waals surface area contributed by atoms with Crippen molar-refractivity contribution in [3.8, 4) is 0 Å². The molecule has 3 heteroatoms. The van der Waals surface area contributed by atoms with Crippen LogP contribution in [-0.2, 0) is 6.42 Å². The van der Waals surface area contributed by atoms with Gasteiger partial charge in [-0.2, -0.15) is 0 Å². The van der Waals surface area contributed by atoms with E-state index in [-0.39, 0.29) is 0 Å². The molecule has 0 spiro atoms. The van der Waals surface area contributed by atoms with Crippen LogP contribution in [0.15, 0.2) is 15.9 Å². The number of alkyl halides is 1. The molecule has 1 aromatic rings. The molecule has 2 rings (SSSR count). The summed E-state index contributed by atoms with van der Waals surface area (Å²) in [7, 11) is 0. The summed E-state index contributed by atoms with van der Waals surface area (Å²) in [4.78, 5) is 2.28. The van der Waals surface area contributed by atoms with Gasteiger partial charge < -0.3 is 0 Å². The van der Waals surface area contributed by atoms with Crippen molar-refractivity contribution in [3.63, 3.8) is 0 Å². The highest BCUT2D eigenvalue weighted by Crippen LogP contribution is 2.33. The highest BCUT2D eigenvalue weighted by Gasteiger charge is 2.19. The molecule has 1 aromatic heterocycles. The third-order valence-electron chi connectivity index (χ3n) is 3.13. The van der Waals surface area contributed by atoms with Gasteiger partial charge in [0, 0.05) is 14.2 Å². The van der Waals surface area contributed by atoms with E-state index >= 15 is 0 Å². The summed E-state index contributed by atoms with van der Waals surface area (Å²) in [6.45, 7) is 0. The third kappa shape index (κ3) is 3.57. The largest absolute Gasteiger partial charge is 0.148 e. The second-order valence-corrected chi connectivity index (χ2v) is 7.53. The summed E-state index contributed by atoms with van der Waals surface area (Å²) in [6, 6.07) is 2.17. The second kappa shape index (κ2) is 5.83. The van der Waals surface area contributed by atoms with Crippen molar-refractivity contribution < 1.29 is 0 Å². The highest BCUT2D eigenvalue weighted by atomic mass is 79.9. The average molecular weight is 352 g/mol. The molecule has 0 radical (unpaired) electrons. The summed E-state index contributed by atoms with van der Waals surface area (Å²) in [5.74, 6) is 0.881. The molecule has 1 heterocycles. The Balaban J connectivity index is 1.96. The maximum atomic E-state index is 3.79. The number of rotatable bonds is 2. The Morgan fingerprint density at radius 3 is 2.87 bits per heavy atom. The smallest absolute Gasteiger partial charge is 0.0314 e. The molecule has 1 fully saturated rings. The lowest BCUT2D eigenvalue weighted by Gasteiger charge is -2.15. The van der Waals surface area contributed by atoms with E-state index in [9.17, 15) is 0 Å². The van der Waals surface area contributed by atoms with Crippen LogP contribution >= 0.6 is 43.2 Å². The number of thiophene rings is 1. The number of halogens is 2. The second-order valence-electron chi connectivity index (χ2n) is 4.38. The van der Waals surface area contributed by atoms with Crippen molar-refractivity contribution in [1.82, 2.24) is 0 Å². The molecule has 2 unspecified atom stereocenters. The maximum Gasteiger partial charge on any atom is 0.0314 e. The van der Waals surface area contributed by atoms with E-state index in [1.807, 2.05) is 11.3 Å². The fraction of sp³-hybridized carbons (Fsp3) is 0.667. The van der Waals surface area contributed by atoms with Crippen molar-refractivity contribution in [2.75, 3.05) is 0 Å². The number of hydrogen-bond acceptors (Lipinski definition) is 1. The van der Waals surface area contributed by atoms with Crippen LogP contribution in [0.4, 0.5) is 0 Å². The minimum Gasteiger partial charge on any atom is -0.148 e. The van der Waals surface area contributed by atoms with Gasteiger partial charge in [0.05, 0.1) is 0 Å². The number of hydrogen-bond donors (Lipinski definition) is 0. The SMILES string of the molecule is Brc1ccsc1CC1CCCCC(Br)C1. The molecule has 0 bridgehead atoms. The van der Waals surface area contributed by atoms with Gasteiger partial charge in [-0.1, -0.05) is 35.2 Å². The van der Waals surface area contributed by atoms with E-state index in [1.165, 1.54) is 47.9 Å². The Bertz CT molecular complexity index is 308. The van der Waals surface area contributed by atoms with Gasteiger partial charge in [-0.25, -0.2) is 0 Å². The van der Waals surface area contributed by atoms with E-state index in [2.05, 4.69) is 43.3 Å².